The summed E-state index contributed by atoms with van der Waals surface area (Å²) < 4.78 is 2.93. The Labute approximate surface area is 124 Å². The van der Waals surface area contributed by atoms with Crippen molar-refractivity contribution in [3.63, 3.8) is 0 Å². The number of hydrogen-bond donors (Lipinski definition) is 1. The van der Waals surface area contributed by atoms with Gasteiger partial charge in [0.25, 0.3) is 5.91 Å². The lowest BCUT2D eigenvalue weighted by Crippen LogP contribution is -2.35. The van der Waals surface area contributed by atoms with Crippen molar-refractivity contribution in [2.45, 2.75) is 65.5 Å². The highest BCUT2D eigenvalue weighted by Crippen LogP contribution is 2.16. The first-order valence-electron chi connectivity index (χ1n) is 7.28. The number of nitrogens with zero attached hydrogens (tertiary/aromatic N) is 1. The second kappa shape index (κ2) is 8.41. The topological polar surface area (TPSA) is 34.0 Å². The van der Waals surface area contributed by atoms with Crippen LogP contribution in [0, 0.1) is 0 Å². The molecule has 1 amide bonds. The first-order valence-corrected chi connectivity index (χ1v) is 8.08. The van der Waals surface area contributed by atoms with Crippen LogP contribution in [-0.4, -0.2) is 16.5 Å². The van der Waals surface area contributed by atoms with E-state index in [1.54, 1.807) is 0 Å². The summed E-state index contributed by atoms with van der Waals surface area (Å²) in [5.74, 6) is 0.0436. The summed E-state index contributed by atoms with van der Waals surface area (Å²) in [6.07, 6.45) is 7.53. The lowest BCUT2D eigenvalue weighted by molar-refractivity contribution is 0.0923. The van der Waals surface area contributed by atoms with Crippen LogP contribution < -0.4 is 5.32 Å². The van der Waals surface area contributed by atoms with Crippen molar-refractivity contribution in [3.05, 3.63) is 22.4 Å². The Kier molecular flexibility index (Phi) is 7.21. The van der Waals surface area contributed by atoms with Crippen LogP contribution in [-0.2, 0) is 6.54 Å². The average Bonchev–Trinajstić information content (AvgIpc) is 2.77. The molecule has 1 aromatic rings. The van der Waals surface area contributed by atoms with Gasteiger partial charge in [-0.1, -0.05) is 33.1 Å². The largest absolute Gasteiger partial charge is 0.348 e. The molecule has 0 fully saturated rings. The molecule has 0 aliphatic heterocycles. The predicted octanol–water partition coefficient (Wildman–Crippen LogP) is 4.36. The molecule has 19 heavy (non-hydrogen) atoms. The van der Waals surface area contributed by atoms with Crippen molar-refractivity contribution in [2.24, 2.45) is 0 Å². The van der Waals surface area contributed by atoms with Gasteiger partial charge in [0, 0.05) is 23.3 Å². The number of rotatable bonds is 8. The third-order valence-corrected chi connectivity index (χ3v) is 3.75. The fourth-order valence-corrected chi connectivity index (χ4v) is 2.74. The fourth-order valence-electron chi connectivity index (χ4n) is 2.27. The van der Waals surface area contributed by atoms with Crippen molar-refractivity contribution in [2.75, 3.05) is 0 Å². The third-order valence-electron chi connectivity index (χ3n) is 3.32. The van der Waals surface area contributed by atoms with Gasteiger partial charge < -0.3 is 9.88 Å². The summed E-state index contributed by atoms with van der Waals surface area (Å²) in [7, 11) is 0. The van der Waals surface area contributed by atoms with E-state index in [0.717, 1.165) is 36.0 Å². The lowest BCUT2D eigenvalue weighted by Gasteiger charge is -2.18. The molecule has 0 bridgehead atoms. The summed E-state index contributed by atoms with van der Waals surface area (Å²) in [6.45, 7) is 7.20. The number of carbonyl (C=O) groups excluding carboxylic acids is 1. The van der Waals surface area contributed by atoms with Gasteiger partial charge in [-0.15, -0.1) is 0 Å². The number of aryl methyl sites for hydroxylation is 1. The van der Waals surface area contributed by atoms with Gasteiger partial charge in [0.05, 0.1) is 0 Å². The molecule has 0 spiro atoms. The Hall–Kier alpha value is -0.770. The summed E-state index contributed by atoms with van der Waals surface area (Å²) >= 11 is 3.43. The smallest absolute Gasteiger partial charge is 0.268 e. The van der Waals surface area contributed by atoms with Crippen LogP contribution in [0.3, 0.4) is 0 Å². The zero-order valence-electron chi connectivity index (χ0n) is 12.2. The molecule has 1 aromatic heterocycles. The van der Waals surface area contributed by atoms with Crippen LogP contribution in [0.5, 0.6) is 0 Å². The molecule has 0 aliphatic rings. The third kappa shape index (κ3) is 5.01. The van der Waals surface area contributed by atoms with Crippen LogP contribution >= 0.6 is 15.9 Å². The van der Waals surface area contributed by atoms with E-state index in [0.29, 0.717) is 6.04 Å². The Morgan fingerprint density at radius 1 is 1.32 bits per heavy atom. The highest BCUT2D eigenvalue weighted by molar-refractivity contribution is 9.10. The molecule has 1 atom stereocenters. The van der Waals surface area contributed by atoms with Gasteiger partial charge >= 0.3 is 0 Å². The second-order valence-corrected chi connectivity index (χ2v) is 5.85. The number of unbranched alkanes of at least 4 members (excludes halogenated alkanes) is 1. The predicted molar refractivity (Wildman–Crippen MR) is 83.5 cm³/mol. The maximum Gasteiger partial charge on any atom is 0.268 e. The molecule has 1 N–H and O–H groups in total. The Balaban J connectivity index is 2.69. The SMILES string of the molecule is CCCCC(CCC)NC(=O)c1cc(Br)cn1CC. The number of amides is 1. The molecule has 0 saturated carbocycles. The van der Waals surface area contributed by atoms with Crippen molar-refractivity contribution in [1.82, 2.24) is 9.88 Å². The Morgan fingerprint density at radius 3 is 2.63 bits per heavy atom. The molecule has 1 heterocycles. The van der Waals surface area contributed by atoms with E-state index in [1.165, 1.54) is 12.8 Å². The van der Waals surface area contributed by atoms with Crippen molar-refractivity contribution < 1.29 is 4.79 Å². The molecule has 0 aromatic carbocycles. The minimum atomic E-state index is 0.0436. The second-order valence-electron chi connectivity index (χ2n) is 4.93. The Bertz CT molecular complexity index is 401. The van der Waals surface area contributed by atoms with E-state index in [-0.39, 0.29) is 5.91 Å². The minimum absolute atomic E-state index is 0.0436. The summed E-state index contributed by atoms with van der Waals surface area (Å²) in [5.41, 5.74) is 0.743. The summed E-state index contributed by atoms with van der Waals surface area (Å²) in [5, 5.41) is 3.18. The normalized spacial score (nSPS) is 12.4. The monoisotopic (exact) mass is 328 g/mol. The first kappa shape index (κ1) is 16.3. The highest BCUT2D eigenvalue weighted by Gasteiger charge is 2.16. The molecular weight excluding hydrogens is 304 g/mol. The molecule has 1 unspecified atom stereocenters. The van der Waals surface area contributed by atoms with E-state index in [1.807, 2.05) is 23.8 Å². The maximum absolute atomic E-state index is 12.3. The zero-order valence-corrected chi connectivity index (χ0v) is 13.8. The number of hydrogen-bond acceptors (Lipinski definition) is 1. The van der Waals surface area contributed by atoms with E-state index >= 15 is 0 Å². The van der Waals surface area contributed by atoms with Gasteiger partial charge in [-0.3, -0.25) is 4.79 Å². The van der Waals surface area contributed by atoms with Crippen molar-refractivity contribution in [1.29, 1.82) is 0 Å². The lowest BCUT2D eigenvalue weighted by atomic mass is 10.1. The number of aromatic nitrogens is 1. The number of nitrogens with one attached hydrogen (secondary N) is 1. The highest BCUT2D eigenvalue weighted by atomic mass is 79.9. The molecule has 3 nitrogen and oxygen atoms in total. The number of halogens is 1. The quantitative estimate of drug-likeness (QED) is 0.755. The van der Waals surface area contributed by atoms with E-state index < -0.39 is 0 Å². The minimum Gasteiger partial charge on any atom is -0.348 e. The molecular formula is C15H25BrN2O. The standard InChI is InChI=1S/C15H25BrN2O/c1-4-7-9-13(8-5-2)17-15(19)14-10-12(16)11-18(14)6-3/h10-11,13H,4-9H2,1-3H3,(H,17,19). The van der Waals surface area contributed by atoms with Crippen LogP contribution in [0.4, 0.5) is 0 Å². The van der Waals surface area contributed by atoms with Gasteiger partial charge in [-0.25, -0.2) is 0 Å². The molecule has 0 saturated heterocycles. The van der Waals surface area contributed by atoms with Crippen LogP contribution in [0.1, 0.15) is 63.4 Å². The van der Waals surface area contributed by atoms with Gasteiger partial charge in [-0.2, -0.15) is 0 Å². The molecule has 0 radical (unpaired) electrons. The summed E-state index contributed by atoms with van der Waals surface area (Å²) in [6, 6.07) is 2.19. The molecule has 1 rings (SSSR count). The molecule has 108 valence electrons. The van der Waals surface area contributed by atoms with E-state index in [9.17, 15) is 4.79 Å². The molecule has 4 heteroatoms. The Morgan fingerprint density at radius 2 is 2.05 bits per heavy atom. The van der Waals surface area contributed by atoms with E-state index in [4.69, 9.17) is 0 Å². The van der Waals surface area contributed by atoms with Gasteiger partial charge in [0.15, 0.2) is 0 Å². The fraction of sp³-hybridized carbons (Fsp3) is 0.667. The zero-order chi connectivity index (χ0) is 14.3. The van der Waals surface area contributed by atoms with Crippen LogP contribution in [0.2, 0.25) is 0 Å². The summed E-state index contributed by atoms with van der Waals surface area (Å²) in [4.78, 5) is 12.3. The molecule has 0 aliphatic carbocycles. The first-order chi connectivity index (χ1) is 9.12. The van der Waals surface area contributed by atoms with Gasteiger partial charge in [-0.05, 0) is 41.8 Å². The van der Waals surface area contributed by atoms with Crippen molar-refractivity contribution >= 4 is 21.8 Å². The maximum atomic E-state index is 12.3. The average molecular weight is 329 g/mol. The van der Waals surface area contributed by atoms with Crippen molar-refractivity contribution in [3.8, 4) is 0 Å². The van der Waals surface area contributed by atoms with Gasteiger partial charge in [0.1, 0.15) is 5.69 Å². The number of carbonyl (C=O) groups is 1. The van der Waals surface area contributed by atoms with Gasteiger partial charge in [0.2, 0.25) is 0 Å². The van der Waals surface area contributed by atoms with Crippen LogP contribution in [0.15, 0.2) is 16.7 Å². The van der Waals surface area contributed by atoms with E-state index in [2.05, 4.69) is 35.1 Å². The van der Waals surface area contributed by atoms with Crippen LogP contribution in [0.25, 0.3) is 0 Å².